The monoisotopic (exact) mass is 297 g/mol. The average Bonchev–Trinajstić information content (AvgIpc) is 2.66. The normalized spacial score (nSPS) is 14.4. The SMILES string of the molecule is Cn1c(COP(N)(=O)NCCCl)cnc1[N+](=O)[O-]. The van der Waals surface area contributed by atoms with Gasteiger partial charge in [-0.2, -0.15) is 0 Å². The standard InChI is InChI=1S/C7H13ClN5O4P/c1-12-6(4-10-7(12)13(14)15)5-17-18(9,16)11-3-2-8/h4H,2-3,5H2,1H3,(H3,9,11,16). The highest BCUT2D eigenvalue weighted by Gasteiger charge is 2.21. The van der Waals surface area contributed by atoms with Crippen molar-refractivity contribution in [1.82, 2.24) is 14.6 Å². The van der Waals surface area contributed by atoms with Crippen LogP contribution in [0, 0.1) is 10.1 Å². The summed E-state index contributed by atoms with van der Waals surface area (Å²) in [5, 5.41) is 13.0. The molecule has 0 amide bonds. The maximum absolute atomic E-state index is 11.6. The molecule has 1 aromatic rings. The number of aromatic nitrogens is 2. The van der Waals surface area contributed by atoms with Gasteiger partial charge in [0.15, 0.2) is 0 Å². The molecule has 0 bridgehead atoms. The van der Waals surface area contributed by atoms with E-state index < -0.39 is 12.6 Å². The van der Waals surface area contributed by atoms with E-state index in [4.69, 9.17) is 21.6 Å². The molecule has 0 saturated carbocycles. The van der Waals surface area contributed by atoms with Crippen LogP contribution in [0.1, 0.15) is 5.69 Å². The fourth-order valence-electron chi connectivity index (χ4n) is 1.14. The Kier molecular flexibility index (Phi) is 5.24. The zero-order valence-corrected chi connectivity index (χ0v) is 11.2. The zero-order valence-electron chi connectivity index (χ0n) is 9.58. The molecule has 0 aliphatic rings. The Morgan fingerprint density at radius 3 is 2.94 bits per heavy atom. The Bertz CT molecular complexity index is 478. The lowest BCUT2D eigenvalue weighted by Crippen LogP contribution is -2.20. The van der Waals surface area contributed by atoms with Crippen molar-refractivity contribution in [1.29, 1.82) is 0 Å². The first-order valence-corrected chi connectivity index (χ1v) is 7.09. The molecule has 0 spiro atoms. The second-order valence-corrected chi connectivity index (χ2v) is 5.48. The number of nitrogens with zero attached hydrogens (tertiary/aromatic N) is 3. The summed E-state index contributed by atoms with van der Waals surface area (Å²) in [4.78, 5) is 13.5. The lowest BCUT2D eigenvalue weighted by molar-refractivity contribution is -0.396. The van der Waals surface area contributed by atoms with Crippen molar-refractivity contribution < 1.29 is 14.0 Å². The third-order valence-electron chi connectivity index (χ3n) is 2.05. The van der Waals surface area contributed by atoms with Crippen LogP contribution in [0.15, 0.2) is 6.20 Å². The molecule has 0 radical (unpaired) electrons. The molecule has 1 unspecified atom stereocenters. The minimum Gasteiger partial charge on any atom is -0.390 e. The van der Waals surface area contributed by atoms with E-state index in [0.717, 1.165) is 0 Å². The lowest BCUT2D eigenvalue weighted by atomic mass is 10.5. The molecule has 1 aromatic heterocycles. The first-order chi connectivity index (χ1) is 8.37. The summed E-state index contributed by atoms with van der Waals surface area (Å²) < 4.78 is 17.8. The summed E-state index contributed by atoms with van der Waals surface area (Å²) in [5.74, 6) is -0.0870. The Labute approximate surface area is 108 Å². The fourth-order valence-corrected chi connectivity index (χ4v) is 2.21. The van der Waals surface area contributed by atoms with Crippen LogP contribution < -0.4 is 10.6 Å². The maximum Gasteiger partial charge on any atom is 0.434 e. The van der Waals surface area contributed by atoms with Crippen LogP contribution >= 0.6 is 19.3 Å². The van der Waals surface area contributed by atoms with E-state index in [9.17, 15) is 14.7 Å². The minimum absolute atomic E-state index is 0.152. The summed E-state index contributed by atoms with van der Waals surface area (Å²) in [6.45, 7) is 0.0846. The Morgan fingerprint density at radius 1 is 1.78 bits per heavy atom. The van der Waals surface area contributed by atoms with E-state index >= 15 is 0 Å². The molecule has 0 aliphatic carbocycles. The number of nitrogens with two attached hydrogens (primary N) is 1. The predicted octanol–water partition coefficient (Wildman–Crippen LogP) is 0.740. The molecule has 0 aliphatic heterocycles. The second-order valence-electron chi connectivity index (χ2n) is 3.33. The molecular formula is C7H13ClN5O4P. The van der Waals surface area contributed by atoms with Crippen LogP contribution in [0.3, 0.4) is 0 Å². The third kappa shape index (κ3) is 4.04. The van der Waals surface area contributed by atoms with Gasteiger partial charge in [0, 0.05) is 12.4 Å². The number of rotatable bonds is 7. The van der Waals surface area contributed by atoms with Crippen LogP contribution in [0.5, 0.6) is 0 Å². The Balaban J connectivity index is 2.64. The number of imidazole rings is 1. The smallest absolute Gasteiger partial charge is 0.390 e. The molecule has 102 valence electrons. The summed E-state index contributed by atoms with van der Waals surface area (Å²) in [7, 11) is -2.00. The zero-order chi connectivity index (χ0) is 13.8. The minimum atomic E-state index is -3.45. The van der Waals surface area contributed by atoms with Gasteiger partial charge < -0.3 is 10.1 Å². The second kappa shape index (κ2) is 6.26. The largest absolute Gasteiger partial charge is 0.434 e. The molecule has 18 heavy (non-hydrogen) atoms. The summed E-state index contributed by atoms with van der Waals surface area (Å²) in [5.41, 5.74) is 5.76. The topological polar surface area (TPSA) is 125 Å². The molecule has 3 N–H and O–H groups in total. The van der Waals surface area contributed by atoms with E-state index in [2.05, 4.69) is 10.1 Å². The van der Waals surface area contributed by atoms with E-state index in [0.29, 0.717) is 5.69 Å². The van der Waals surface area contributed by atoms with Gasteiger partial charge in [-0.3, -0.25) is 9.09 Å². The molecule has 1 rings (SSSR count). The van der Waals surface area contributed by atoms with E-state index in [-0.39, 0.29) is 25.0 Å². The Morgan fingerprint density at radius 2 is 2.44 bits per heavy atom. The van der Waals surface area contributed by atoms with Crippen molar-refractivity contribution in [3.05, 3.63) is 22.0 Å². The number of alkyl halides is 1. The van der Waals surface area contributed by atoms with E-state index in [1.807, 2.05) is 0 Å². The van der Waals surface area contributed by atoms with E-state index in [1.54, 1.807) is 0 Å². The molecule has 11 heteroatoms. The first-order valence-electron chi connectivity index (χ1n) is 4.86. The first kappa shape index (κ1) is 15.1. The molecule has 0 saturated heterocycles. The van der Waals surface area contributed by atoms with Gasteiger partial charge in [-0.25, -0.2) is 15.2 Å². The molecule has 0 aromatic carbocycles. The highest BCUT2D eigenvalue weighted by atomic mass is 35.5. The van der Waals surface area contributed by atoms with Gasteiger partial charge in [0.05, 0.1) is 7.05 Å². The van der Waals surface area contributed by atoms with Gasteiger partial charge >= 0.3 is 13.6 Å². The maximum atomic E-state index is 11.6. The molecule has 1 heterocycles. The number of nitrogens with one attached hydrogen (secondary N) is 1. The van der Waals surface area contributed by atoms with Crippen molar-refractivity contribution in [2.75, 3.05) is 12.4 Å². The summed E-state index contributed by atoms with van der Waals surface area (Å²) in [6, 6.07) is 0. The molecule has 1 atom stereocenters. The van der Waals surface area contributed by atoms with Crippen molar-refractivity contribution in [3.63, 3.8) is 0 Å². The third-order valence-corrected chi connectivity index (χ3v) is 3.42. The molecule has 9 nitrogen and oxygen atoms in total. The van der Waals surface area contributed by atoms with Gasteiger partial charge in [-0.1, -0.05) is 4.98 Å². The van der Waals surface area contributed by atoms with Crippen molar-refractivity contribution in [2.45, 2.75) is 6.61 Å². The van der Waals surface area contributed by atoms with Crippen LogP contribution in [0.4, 0.5) is 5.95 Å². The van der Waals surface area contributed by atoms with Gasteiger partial charge in [-0.05, 0) is 4.92 Å². The van der Waals surface area contributed by atoms with E-state index in [1.165, 1.54) is 17.8 Å². The molecule has 0 fully saturated rings. The lowest BCUT2D eigenvalue weighted by Gasteiger charge is -2.12. The van der Waals surface area contributed by atoms with Gasteiger partial charge in [0.1, 0.15) is 18.5 Å². The van der Waals surface area contributed by atoms with Gasteiger partial charge in [0.2, 0.25) is 0 Å². The van der Waals surface area contributed by atoms with Crippen molar-refractivity contribution >= 4 is 25.2 Å². The number of hydrogen-bond donors (Lipinski definition) is 2. The van der Waals surface area contributed by atoms with Gasteiger partial charge in [-0.15, -0.1) is 11.6 Å². The van der Waals surface area contributed by atoms with Crippen LogP contribution in [-0.2, 0) is 22.7 Å². The molecular weight excluding hydrogens is 285 g/mol. The number of halogens is 1. The highest BCUT2D eigenvalue weighted by Crippen LogP contribution is 2.33. The summed E-state index contributed by atoms with van der Waals surface area (Å²) >= 11 is 5.40. The average molecular weight is 298 g/mol. The van der Waals surface area contributed by atoms with Gasteiger partial charge in [0.25, 0.3) is 0 Å². The van der Waals surface area contributed by atoms with Crippen molar-refractivity contribution in [2.24, 2.45) is 12.6 Å². The van der Waals surface area contributed by atoms with Crippen LogP contribution in [0.2, 0.25) is 0 Å². The Hall–Kier alpha value is -0.990. The summed E-state index contributed by atoms with van der Waals surface area (Å²) in [6.07, 6.45) is 1.26. The van der Waals surface area contributed by atoms with Crippen molar-refractivity contribution in [3.8, 4) is 0 Å². The van der Waals surface area contributed by atoms with Crippen LogP contribution in [0.25, 0.3) is 0 Å². The van der Waals surface area contributed by atoms with Crippen LogP contribution in [-0.4, -0.2) is 26.9 Å². The fraction of sp³-hybridized carbons (Fsp3) is 0.571. The predicted molar refractivity (Wildman–Crippen MR) is 65.2 cm³/mol. The quantitative estimate of drug-likeness (QED) is 0.329. The number of hydrogen-bond acceptors (Lipinski definition) is 5. The highest BCUT2D eigenvalue weighted by molar-refractivity contribution is 7.54. The number of nitro groups is 1.